The van der Waals surface area contributed by atoms with Gasteiger partial charge >= 0.3 is 0 Å². The summed E-state index contributed by atoms with van der Waals surface area (Å²) in [6, 6.07) is 2.59. The van der Waals surface area contributed by atoms with Gasteiger partial charge in [-0.25, -0.2) is 13.8 Å². The van der Waals surface area contributed by atoms with Crippen molar-refractivity contribution >= 4 is 11.3 Å². The van der Waals surface area contributed by atoms with Gasteiger partial charge in [-0.3, -0.25) is 0 Å². The smallest absolute Gasteiger partial charge is 0.132 e. The lowest BCUT2D eigenvalue weighted by atomic mass is 9.86. The molecule has 0 bridgehead atoms. The highest BCUT2D eigenvalue weighted by molar-refractivity contribution is 7.15. The second kappa shape index (κ2) is 4.67. The summed E-state index contributed by atoms with van der Waals surface area (Å²) >= 11 is 1.39. The predicted octanol–water partition coefficient (Wildman–Crippen LogP) is 5.00. The van der Waals surface area contributed by atoms with E-state index in [0.717, 1.165) is 10.7 Å². The Balaban J connectivity index is 2.62. The highest BCUT2D eigenvalue weighted by Gasteiger charge is 2.22. The summed E-state index contributed by atoms with van der Waals surface area (Å²) in [4.78, 5) is 4.96. The molecule has 0 amide bonds. The van der Waals surface area contributed by atoms with Gasteiger partial charge in [-0.15, -0.1) is 11.3 Å². The Bertz CT molecular complexity index is 624. The fourth-order valence-corrected chi connectivity index (χ4v) is 3.01. The van der Waals surface area contributed by atoms with Gasteiger partial charge in [0.25, 0.3) is 0 Å². The van der Waals surface area contributed by atoms with Crippen LogP contribution >= 0.6 is 11.3 Å². The van der Waals surface area contributed by atoms with Crippen molar-refractivity contribution in [2.45, 2.75) is 40.0 Å². The zero-order valence-corrected chi connectivity index (χ0v) is 12.6. The first-order chi connectivity index (χ1) is 8.70. The molecule has 0 atom stereocenters. The van der Waals surface area contributed by atoms with Crippen molar-refractivity contribution in [1.82, 2.24) is 4.98 Å². The molecule has 0 spiro atoms. The molecule has 4 heteroatoms. The van der Waals surface area contributed by atoms with Crippen LogP contribution in [-0.2, 0) is 5.41 Å². The van der Waals surface area contributed by atoms with Gasteiger partial charge in [0.2, 0.25) is 0 Å². The van der Waals surface area contributed by atoms with Gasteiger partial charge in [-0.2, -0.15) is 0 Å². The number of aromatic nitrogens is 1. The monoisotopic (exact) mass is 281 g/mol. The summed E-state index contributed by atoms with van der Waals surface area (Å²) < 4.78 is 28.4. The maximum atomic E-state index is 14.2. The van der Waals surface area contributed by atoms with Gasteiger partial charge in [0.1, 0.15) is 11.6 Å². The standard InChI is InChI=1S/C15H17F2NS/c1-8-14(19-9(2)18-8)10-6-13(17)11(7-12(10)16)15(3,4)5/h6-7H,1-5H3. The zero-order chi connectivity index (χ0) is 14.4. The van der Waals surface area contributed by atoms with E-state index in [-0.39, 0.29) is 5.82 Å². The van der Waals surface area contributed by atoms with Crippen molar-refractivity contribution in [2.75, 3.05) is 0 Å². The van der Waals surface area contributed by atoms with Crippen molar-refractivity contribution in [3.63, 3.8) is 0 Å². The fraction of sp³-hybridized carbons (Fsp3) is 0.400. The SMILES string of the molecule is Cc1nc(C)c(-c2cc(F)c(C(C)(C)C)cc2F)s1. The van der Waals surface area contributed by atoms with Crippen LogP contribution in [0.2, 0.25) is 0 Å². The van der Waals surface area contributed by atoms with Crippen LogP contribution in [0.4, 0.5) is 8.78 Å². The van der Waals surface area contributed by atoms with Crippen LogP contribution in [0.3, 0.4) is 0 Å². The lowest BCUT2D eigenvalue weighted by Gasteiger charge is -2.20. The van der Waals surface area contributed by atoms with Crippen molar-refractivity contribution in [3.05, 3.63) is 40.0 Å². The van der Waals surface area contributed by atoms with E-state index >= 15 is 0 Å². The molecule has 0 fully saturated rings. The molecule has 0 aliphatic carbocycles. The van der Waals surface area contributed by atoms with Crippen molar-refractivity contribution < 1.29 is 8.78 Å². The maximum Gasteiger partial charge on any atom is 0.132 e. The Hall–Kier alpha value is -1.29. The molecule has 0 unspecified atom stereocenters. The lowest BCUT2D eigenvalue weighted by molar-refractivity contribution is 0.512. The van der Waals surface area contributed by atoms with Gasteiger partial charge in [-0.1, -0.05) is 20.8 Å². The molecule has 1 heterocycles. The average Bonchev–Trinajstić information content (AvgIpc) is 2.59. The topological polar surface area (TPSA) is 12.9 Å². The highest BCUT2D eigenvalue weighted by Crippen LogP contribution is 2.35. The summed E-state index contributed by atoms with van der Waals surface area (Å²) in [5, 5.41) is 0.854. The minimum Gasteiger partial charge on any atom is -0.246 e. The molecular weight excluding hydrogens is 264 g/mol. The molecule has 0 saturated carbocycles. The van der Waals surface area contributed by atoms with Gasteiger partial charge in [0.15, 0.2) is 0 Å². The third-order valence-corrected chi connectivity index (χ3v) is 4.12. The first-order valence-corrected chi connectivity index (χ1v) is 6.95. The second-order valence-electron chi connectivity index (χ2n) is 5.71. The number of aryl methyl sites for hydroxylation is 2. The molecule has 2 aromatic rings. The summed E-state index contributed by atoms with van der Waals surface area (Å²) in [5.74, 6) is -0.757. The van der Waals surface area contributed by atoms with E-state index in [1.807, 2.05) is 34.6 Å². The Morgan fingerprint density at radius 3 is 2.16 bits per heavy atom. The summed E-state index contributed by atoms with van der Waals surface area (Å²) in [6.45, 7) is 9.28. The molecule has 102 valence electrons. The second-order valence-corrected chi connectivity index (χ2v) is 6.91. The molecule has 0 saturated heterocycles. The molecule has 1 aromatic heterocycles. The van der Waals surface area contributed by atoms with Crippen LogP contribution in [0, 0.1) is 25.5 Å². The van der Waals surface area contributed by atoms with Gasteiger partial charge < -0.3 is 0 Å². The van der Waals surface area contributed by atoms with Gasteiger partial charge in [0, 0.05) is 5.56 Å². The van der Waals surface area contributed by atoms with Crippen molar-refractivity contribution in [1.29, 1.82) is 0 Å². The quantitative estimate of drug-likeness (QED) is 0.716. The normalized spacial score (nSPS) is 11.9. The predicted molar refractivity (Wildman–Crippen MR) is 75.6 cm³/mol. The van der Waals surface area contributed by atoms with E-state index in [2.05, 4.69) is 4.98 Å². The van der Waals surface area contributed by atoms with Crippen molar-refractivity contribution in [2.24, 2.45) is 0 Å². The van der Waals surface area contributed by atoms with E-state index < -0.39 is 11.2 Å². The zero-order valence-electron chi connectivity index (χ0n) is 11.8. The summed E-state index contributed by atoms with van der Waals surface area (Å²) in [7, 11) is 0. The molecule has 0 N–H and O–H groups in total. The number of benzene rings is 1. The van der Waals surface area contributed by atoms with E-state index in [9.17, 15) is 8.78 Å². The molecule has 19 heavy (non-hydrogen) atoms. The number of halogens is 2. The lowest BCUT2D eigenvalue weighted by Crippen LogP contribution is -2.14. The van der Waals surface area contributed by atoms with Crippen LogP contribution in [-0.4, -0.2) is 4.98 Å². The molecule has 1 nitrogen and oxygen atoms in total. The Kier molecular flexibility index (Phi) is 3.47. The van der Waals surface area contributed by atoms with Crippen LogP contribution in [0.15, 0.2) is 12.1 Å². The Morgan fingerprint density at radius 2 is 1.68 bits per heavy atom. The van der Waals surface area contributed by atoms with E-state index in [0.29, 0.717) is 16.0 Å². The largest absolute Gasteiger partial charge is 0.246 e. The Labute approximate surface area is 116 Å². The fourth-order valence-electron chi connectivity index (χ4n) is 2.08. The average molecular weight is 281 g/mol. The van der Waals surface area contributed by atoms with E-state index in [1.54, 1.807) is 0 Å². The number of hydrogen-bond acceptors (Lipinski definition) is 2. The molecule has 0 aliphatic heterocycles. The molecule has 0 radical (unpaired) electrons. The Morgan fingerprint density at radius 1 is 1.05 bits per heavy atom. The highest BCUT2D eigenvalue weighted by atomic mass is 32.1. The minimum atomic E-state index is -0.415. The first kappa shape index (κ1) is 14.1. The van der Waals surface area contributed by atoms with Gasteiger partial charge in [-0.05, 0) is 37.0 Å². The maximum absolute atomic E-state index is 14.2. The molecular formula is C15H17F2NS. The van der Waals surface area contributed by atoms with Crippen LogP contribution in [0.25, 0.3) is 10.4 Å². The minimum absolute atomic E-state index is 0.300. The summed E-state index contributed by atoms with van der Waals surface area (Å²) in [6.07, 6.45) is 0. The molecule has 1 aromatic carbocycles. The van der Waals surface area contributed by atoms with Gasteiger partial charge in [0.05, 0.1) is 15.6 Å². The van der Waals surface area contributed by atoms with Crippen LogP contribution in [0.5, 0.6) is 0 Å². The third-order valence-electron chi connectivity index (χ3n) is 3.01. The number of hydrogen-bond donors (Lipinski definition) is 0. The number of nitrogens with zero attached hydrogens (tertiary/aromatic N) is 1. The van der Waals surface area contributed by atoms with E-state index in [1.165, 1.54) is 23.5 Å². The number of thiazole rings is 1. The van der Waals surface area contributed by atoms with Crippen LogP contribution in [0.1, 0.15) is 37.0 Å². The first-order valence-electron chi connectivity index (χ1n) is 6.14. The number of rotatable bonds is 1. The van der Waals surface area contributed by atoms with Crippen molar-refractivity contribution in [3.8, 4) is 10.4 Å². The molecule has 2 rings (SSSR count). The van der Waals surface area contributed by atoms with E-state index in [4.69, 9.17) is 0 Å². The third kappa shape index (κ3) is 2.68. The molecule has 0 aliphatic rings. The van der Waals surface area contributed by atoms with Crippen LogP contribution < -0.4 is 0 Å². The summed E-state index contributed by atoms with van der Waals surface area (Å²) in [5.41, 5.74) is 1.02.